The molecule has 20 heavy (non-hydrogen) atoms. The Morgan fingerprint density at radius 3 is 2.85 bits per heavy atom. The van der Waals surface area contributed by atoms with E-state index in [2.05, 4.69) is 10.1 Å². The van der Waals surface area contributed by atoms with Crippen molar-refractivity contribution in [1.29, 1.82) is 0 Å². The fourth-order valence-electron chi connectivity index (χ4n) is 2.47. The first-order chi connectivity index (χ1) is 9.67. The molecule has 1 aliphatic rings. The van der Waals surface area contributed by atoms with E-state index in [0.29, 0.717) is 18.1 Å². The van der Waals surface area contributed by atoms with E-state index in [0.717, 1.165) is 25.0 Å². The molecule has 0 aliphatic carbocycles. The molecule has 2 atom stereocenters. The van der Waals surface area contributed by atoms with Gasteiger partial charge in [-0.25, -0.2) is 0 Å². The summed E-state index contributed by atoms with van der Waals surface area (Å²) in [5.41, 5.74) is 0.398. The molecular formula is C15H18N2O3. The van der Waals surface area contributed by atoms with E-state index in [4.69, 9.17) is 9.26 Å². The highest BCUT2D eigenvalue weighted by Crippen LogP contribution is 2.33. The minimum Gasteiger partial charge on any atom is -0.388 e. The van der Waals surface area contributed by atoms with Gasteiger partial charge in [0, 0.05) is 6.61 Å². The lowest BCUT2D eigenvalue weighted by molar-refractivity contribution is 0.00768. The Hall–Kier alpha value is -1.72. The molecule has 2 heterocycles. The van der Waals surface area contributed by atoms with Crippen molar-refractivity contribution in [2.24, 2.45) is 0 Å². The van der Waals surface area contributed by atoms with Crippen LogP contribution in [-0.2, 0) is 16.8 Å². The van der Waals surface area contributed by atoms with Crippen LogP contribution >= 0.6 is 0 Å². The molecule has 1 aromatic carbocycles. The van der Waals surface area contributed by atoms with Crippen molar-refractivity contribution in [2.75, 3.05) is 6.61 Å². The number of aromatic nitrogens is 2. The lowest BCUT2D eigenvalue weighted by atomic mass is 10.0. The summed E-state index contributed by atoms with van der Waals surface area (Å²) in [6.45, 7) is 2.70. The van der Waals surface area contributed by atoms with Crippen LogP contribution in [0.2, 0.25) is 0 Å². The summed E-state index contributed by atoms with van der Waals surface area (Å²) in [7, 11) is 0. The number of aliphatic hydroxyl groups excluding tert-OH is 1. The number of hydrogen-bond acceptors (Lipinski definition) is 5. The van der Waals surface area contributed by atoms with Crippen molar-refractivity contribution < 1.29 is 14.4 Å². The third-order valence-corrected chi connectivity index (χ3v) is 3.71. The minimum atomic E-state index is -0.637. The standard InChI is InChI=1S/C15H18N2O3/c1-15(8-5-9-19-15)14-16-13(20-17-14)10-12(18)11-6-3-2-4-7-11/h2-4,6-7,12,18H,5,8-10H2,1H3. The average Bonchev–Trinajstić information content (AvgIpc) is 3.10. The maximum absolute atomic E-state index is 10.2. The van der Waals surface area contributed by atoms with Gasteiger partial charge in [-0.3, -0.25) is 0 Å². The highest BCUT2D eigenvalue weighted by molar-refractivity contribution is 5.18. The second kappa shape index (κ2) is 5.34. The van der Waals surface area contributed by atoms with Crippen LogP contribution in [0.1, 0.15) is 43.1 Å². The van der Waals surface area contributed by atoms with Gasteiger partial charge in [0.15, 0.2) is 0 Å². The van der Waals surface area contributed by atoms with Crippen LogP contribution in [-0.4, -0.2) is 21.9 Å². The fraction of sp³-hybridized carbons (Fsp3) is 0.467. The Kier molecular flexibility index (Phi) is 3.54. The van der Waals surface area contributed by atoms with Crippen molar-refractivity contribution in [3.8, 4) is 0 Å². The fourth-order valence-corrected chi connectivity index (χ4v) is 2.47. The summed E-state index contributed by atoms with van der Waals surface area (Å²) in [4.78, 5) is 4.37. The van der Waals surface area contributed by atoms with E-state index < -0.39 is 11.7 Å². The molecule has 0 spiro atoms. The van der Waals surface area contributed by atoms with Crippen molar-refractivity contribution in [2.45, 2.75) is 37.9 Å². The summed E-state index contributed by atoms with van der Waals surface area (Å²) < 4.78 is 10.9. The van der Waals surface area contributed by atoms with Crippen LogP contribution in [0.25, 0.3) is 0 Å². The van der Waals surface area contributed by atoms with Gasteiger partial charge < -0.3 is 14.4 Å². The number of benzene rings is 1. The van der Waals surface area contributed by atoms with Crippen molar-refractivity contribution in [3.05, 3.63) is 47.6 Å². The number of hydrogen-bond donors (Lipinski definition) is 1. The Morgan fingerprint density at radius 2 is 2.15 bits per heavy atom. The molecule has 0 saturated carbocycles. The lowest BCUT2D eigenvalue weighted by Crippen LogP contribution is -2.21. The summed E-state index contributed by atoms with van der Waals surface area (Å²) >= 11 is 0. The molecule has 0 bridgehead atoms. The largest absolute Gasteiger partial charge is 0.388 e. The Morgan fingerprint density at radius 1 is 1.35 bits per heavy atom. The maximum atomic E-state index is 10.2. The summed E-state index contributed by atoms with van der Waals surface area (Å²) in [6, 6.07) is 9.46. The van der Waals surface area contributed by atoms with Crippen LogP contribution < -0.4 is 0 Å². The van der Waals surface area contributed by atoms with Crippen LogP contribution in [0, 0.1) is 0 Å². The first kappa shape index (κ1) is 13.3. The second-order valence-electron chi connectivity index (χ2n) is 5.33. The van der Waals surface area contributed by atoms with E-state index in [-0.39, 0.29) is 0 Å². The monoisotopic (exact) mass is 274 g/mol. The zero-order valence-electron chi connectivity index (χ0n) is 11.5. The number of aliphatic hydroxyl groups is 1. The third-order valence-electron chi connectivity index (χ3n) is 3.71. The maximum Gasteiger partial charge on any atom is 0.229 e. The molecule has 1 aliphatic heterocycles. The van der Waals surface area contributed by atoms with E-state index >= 15 is 0 Å². The topological polar surface area (TPSA) is 68.4 Å². The van der Waals surface area contributed by atoms with Gasteiger partial charge in [-0.15, -0.1) is 0 Å². The Labute approximate surface area is 117 Å². The molecule has 5 heteroatoms. The van der Waals surface area contributed by atoms with Crippen molar-refractivity contribution in [3.63, 3.8) is 0 Å². The molecule has 0 radical (unpaired) electrons. The molecule has 1 fully saturated rings. The molecule has 1 N–H and O–H groups in total. The molecule has 1 aromatic heterocycles. The molecule has 0 amide bonds. The van der Waals surface area contributed by atoms with Gasteiger partial charge >= 0.3 is 0 Å². The predicted molar refractivity (Wildman–Crippen MR) is 71.9 cm³/mol. The van der Waals surface area contributed by atoms with Crippen molar-refractivity contribution in [1.82, 2.24) is 10.1 Å². The number of nitrogens with zero attached hydrogens (tertiary/aromatic N) is 2. The van der Waals surface area contributed by atoms with Gasteiger partial charge in [0.1, 0.15) is 5.60 Å². The molecule has 106 valence electrons. The quantitative estimate of drug-likeness (QED) is 0.927. The second-order valence-corrected chi connectivity index (χ2v) is 5.33. The first-order valence-electron chi connectivity index (χ1n) is 6.87. The van der Waals surface area contributed by atoms with Gasteiger partial charge in [-0.05, 0) is 25.3 Å². The van der Waals surface area contributed by atoms with E-state index in [1.807, 2.05) is 37.3 Å². The Bertz CT molecular complexity index is 562. The van der Waals surface area contributed by atoms with Gasteiger partial charge in [0.25, 0.3) is 0 Å². The molecule has 5 nitrogen and oxygen atoms in total. The van der Waals surface area contributed by atoms with Crippen LogP contribution in [0.3, 0.4) is 0 Å². The van der Waals surface area contributed by atoms with E-state index in [1.165, 1.54) is 0 Å². The van der Waals surface area contributed by atoms with Crippen LogP contribution in [0.15, 0.2) is 34.9 Å². The highest BCUT2D eigenvalue weighted by Gasteiger charge is 2.36. The molecule has 1 saturated heterocycles. The van der Waals surface area contributed by atoms with E-state index in [1.54, 1.807) is 0 Å². The van der Waals surface area contributed by atoms with Crippen LogP contribution in [0.5, 0.6) is 0 Å². The summed E-state index contributed by atoms with van der Waals surface area (Å²) in [6.07, 6.45) is 1.58. The molecule has 2 aromatic rings. The van der Waals surface area contributed by atoms with E-state index in [9.17, 15) is 5.11 Å². The van der Waals surface area contributed by atoms with Crippen LogP contribution in [0.4, 0.5) is 0 Å². The third kappa shape index (κ3) is 2.59. The number of rotatable bonds is 4. The normalized spacial score (nSPS) is 23.9. The Balaban J connectivity index is 1.71. The summed E-state index contributed by atoms with van der Waals surface area (Å²) in [5, 5.41) is 14.1. The summed E-state index contributed by atoms with van der Waals surface area (Å²) in [5.74, 6) is 1.01. The smallest absolute Gasteiger partial charge is 0.229 e. The molecule has 2 unspecified atom stereocenters. The van der Waals surface area contributed by atoms with Gasteiger partial charge in [-0.2, -0.15) is 4.98 Å². The zero-order valence-corrected chi connectivity index (χ0v) is 11.5. The predicted octanol–water partition coefficient (Wildman–Crippen LogP) is 2.37. The van der Waals surface area contributed by atoms with Gasteiger partial charge in [0.2, 0.25) is 11.7 Å². The van der Waals surface area contributed by atoms with Crippen molar-refractivity contribution >= 4 is 0 Å². The number of ether oxygens (including phenoxy) is 1. The highest BCUT2D eigenvalue weighted by atomic mass is 16.5. The molecular weight excluding hydrogens is 256 g/mol. The average molecular weight is 274 g/mol. The first-order valence-corrected chi connectivity index (χ1v) is 6.87. The van der Waals surface area contributed by atoms with Gasteiger partial charge in [-0.1, -0.05) is 35.5 Å². The lowest BCUT2D eigenvalue weighted by Gasteiger charge is -2.17. The SMILES string of the molecule is CC1(c2noc(CC(O)c3ccccc3)n2)CCCO1. The minimum absolute atomic E-state index is 0.313. The molecule has 3 rings (SSSR count). The zero-order chi connectivity index (χ0) is 14.0. The van der Waals surface area contributed by atoms with Gasteiger partial charge in [0.05, 0.1) is 12.5 Å².